The Morgan fingerprint density at radius 2 is 2.29 bits per heavy atom. The molecule has 1 saturated heterocycles. The summed E-state index contributed by atoms with van der Waals surface area (Å²) in [4.78, 5) is 2.37. The molecule has 1 aliphatic heterocycles. The molecular weight excluding hydrogens is 217 g/mol. The van der Waals surface area contributed by atoms with Gasteiger partial charge in [-0.25, -0.2) is 4.39 Å². The van der Waals surface area contributed by atoms with Gasteiger partial charge in [0.05, 0.1) is 0 Å². The summed E-state index contributed by atoms with van der Waals surface area (Å²) in [6.45, 7) is 5.24. The Morgan fingerprint density at radius 3 is 3.00 bits per heavy atom. The number of phenolic OH excluding ortho intramolecular Hbond substituents is 1. The highest BCUT2D eigenvalue weighted by molar-refractivity contribution is 5.28. The van der Waals surface area contributed by atoms with Crippen molar-refractivity contribution >= 4 is 0 Å². The van der Waals surface area contributed by atoms with E-state index >= 15 is 0 Å². The first-order valence-electron chi connectivity index (χ1n) is 6.38. The van der Waals surface area contributed by atoms with Crippen LogP contribution in [0.4, 0.5) is 4.39 Å². The number of phenols is 1. The second-order valence-corrected chi connectivity index (χ2v) is 4.96. The summed E-state index contributed by atoms with van der Waals surface area (Å²) in [6.07, 6.45) is 3.79. The fraction of sp³-hybridized carbons (Fsp3) is 0.571. The largest absolute Gasteiger partial charge is 0.505 e. The fourth-order valence-electron chi connectivity index (χ4n) is 2.61. The van der Waals surface area contributed by atoms with Crippen molar-refractivity contribution in [3.63, 3.8) is 0 Å². The first-order chi connectivity index (χ1) is 8.19. The van der Waals surface area contributed by atoms with Crippen LogP contribution >= 0.6 is 0 Å². The fourth-order valence-corrected chi connectivity index (χ4v) is 2.61. The Hall–Kier alpha value is -1.09. The van der Waals surface area contributed by atoms with Gasteiger partial charge in [-0.2, -0.15) is 0 Å². The van der Waals surface area contributed by atoms with Crippen molar-refractivity contribution in [2.75, 3.05) is 13.1 Å². The number of aromatic hydroxyl groups is 1. The zero-order chi connectivity index (χ0) is 12.3. The Balaban J connectivity index is 1.91. The lowest BCUT2D eigenvalue weighted by Crippen LogP contribution is -2.20. The predicted molar refractivity (Wildman–Crippen MR) is 66.4 cm³/mol. The van der Waals surface area contributed by atoms with Gasteiger partial charge in [-0.15, -0.1) is 0 Å². The van der Waals surface area contributed by atoms with Crippen LogP contribution in [-0.2, 0) is 6.54 Å². The Bertz CT molecular complexity index is 380. The molecule has 0 bridgehead atoms. The number of likely N-dealkylation sites (tertiary alicyclic amines) is 1. The zero-order valence-electron chi connectivity index (χ0n) is 10.3. The van der Waals surface area contributed by atoms with E-state index < -0.39 is 5.82 Å². The van der Waals surface area contributed by atoms with Crippen LogP contribution in [0, 0.1) is 11.7 Å². The molecule has 1 aliphatic rings. The number of benzene rings is 1. The van der Waals surface area contributed by atoms with E-state index in [0.717, 1.165) is 31.1 Å². The SMILES string of the molecule is CCCC1CCN(Cc2ccc(O)c(F)c2)C1. The van der Waals surface area contributed by atoms with Gasteiger partial charge in [0.2, 0.25) is 0 Å². The van der Waals surface area contributed by atoms with Gasteiger partial charge in [0.25, 0.3) is 0 Å². The van der Waals surface area contributed by atoms with Gasteiger partial charge in [-0.3, -0.25) is 4.90 Å². The Morgan fingerprint density at radius 1 is 1.47 bits per heavy atom. The topological polar surface area (TPSA) is 23.5 Å². The summed E-state index contributed by atoms with van der Waals surface area (Å²) in [6, 6.07) is 4.66. The number of hydrogen-bond donors (Lipinski definition) is 1. The molecule has 1 fully saturated rings. The molecule has 1 unspecified atom stereocenters. The third kappa shape index (κ3) is 3.19. The monoisotopic (exact) mass is 237 g/mol. The molecule has 1 aromatic rings. The lowest BCUT2D eigenvalue weighted by atomic mass is 10.0. The van der Waals surface area contributed by atoms with Gasteiger partial charge in [-0.05, 0) is 43.0 Å². The summed E-state index contributed by atoms with van der Waals surface area (Å²) in [5.74, 6) is 0.0211. The lowest BCUT2D eigenvalue weighted by molar-refractivity contribution is 0.312. The first kappa shape index (κ1) is 12.4. The normalized spacial score (nSPS) is 20.9. The highest BCUT2D eigenvalue weighted by atomic mass is 19.1. The quantitative estimate of drug-likeness (QED) is 0.869. The van der Waals surface area contributed by atoms with E-state index in [2.05, 4.69) is 11.8 Å². The van der Waals surface area contributed by atoms with Gasteiger partial charge in [0.15, 0.2) is 11.6 Å². The Labute approximate surface area is 102 Å². The highest BCUT2D eigenvalue weighted by Gasteiger charge is 2.21. The molecule has 94 valence electrons. The summed E-state index contributed by atoms with van der Waals surface area (Å²) in [7, 11) is 0. The molecule has 2 nitrogen and oxygen atoms in total. The van der Waals surface area contributed by atoms with E-state index in [-0.39, 0.29) is 5.75 Å². The van der Waals surface area contributed by atoms with Gasteiger partial charge in [0.1, 0.15) is 0 Å². The van der Waals surface area contributed by atoms with E-state index in [1.165, 1.54) is 31.4 Å². The van der Waals surface area contributed by atoms with Crippen LogP contribution in [0.15, 0.2) is 18.2 Å². The minimum atomic E-state index is -0.521. The minimum absolute atomic E-state index is 0.265. The van der Waals surface area contributed by atoms with Crippen molar-refractivity contribution in [2.45, 2.75) is 32.7 Å². The van der Waals surface area contributed by atoms with Crippen LogP contribution in [0.5, 0.6) is 5.75 Å². The van der Waals surface area contributed by atoms with Crippen molar-refractivity contribution in [1.29, 1.82) is 0 Å². The van der Waals surface area contributed by atoms with Crippen LogP contribution in [0.2, 0.25) is 0 Å². The highest BCUT2D eigenvalue weighted by Crippen LogP contribution is 2.23. The molecule has 2 rings (SSSR count). The summed E-state index contributed by atoms with van der Waals surface area (Å²) in [5, 5.41) is 9.13. The van der Waals surface area contributed by atoms with Crippen LogP contribution in [0.1, 0.15) is 31.7 Å². The van der Waals surface area contributed by atoms with Crippen molar-refractivity contribution in [2.24, 2.45) is 5.92 Å². The van der Waals surface area contributed by atoms with E-state index in [0.29, 0.717) is 0 Å². The molecule has 3 heteroatoms. The third-order valence-corrected chi connectivity index (χ3v) is 3.49. The van der Waals surface area contributed by atoms with E-state index in [4.69, 9.17) is 5.11 Å². The van der Waals surface area contributed by atoms with Crippen LogP contribution in [0.25, 0.3) is 0 Å². The van der Waals surface area contributed by atoms with Gasteiger partial charge < -0.3 is 5.11 Å². The summed E-state index contributed by atoms with van der Waals surface area (Å²) >= 11 is 0. The smallest absolute Gasteiger partial charge is 0.165 e. The van der Waals surface area contributed by atoms with Gasteiger partial charge in [0, 0.05) is 13.1 Å². The summed E-state index contributed by atoms with van der Waals surface area (Å²) < 4.78 is 13.2. The van der Waals surface area contributed by atoms with Crippen molar-refractivity contribution in [3.8, 4) is 5.75 Å². The summed E-state index contributed by atoms with van der Waals surface area (Å²) in [5.41, 5.74) is 0.942. The molecule has 0 aliphatic carbocycles. The standard InChI is InChI=1S/C14H20FNO/c1-2-3-11-6-7-16(9-11)10-12-4-5-14(17)13(15)8-12/h4-5,8,11,17H,2-3,6-7,9-10H2,1H3. The van der Waals surface area contributed by atoms with Crippen molar-refractivity contribution in [1.82, 2.24) is 4.90 Å². The molecule has 0 saturated carbocycles. The zero-order valence-corrected chi connectivity index (χ0v) is 10.3. The van der Waals surface area contributed by atoms with Crippen molar-refractivity contribution in [3.05, 3.63) is 29.6 Å². The second-order valence-electron chi connectivity index (χ2n) is 4.96. The number of halogens is 1. The maximum absolute atomic E-state index is 13.2. The second kappa shape index (κ2) is 5.50. The molecule has 0 radical (unpaired) electrons. The molecule has 0 spiro atoms. The first-order valence-corrected chi connectivity index (χ1v) is 6.38. The maximum Gasteiger partial charge on any atom is 0.165 e. The molecule has 0 amide bonds. The van der Waals surface area contributed by atoms with Crippen LogP contribution < -0.4 is 0 Å². The maximum atomic E-state index is 13.2. The molecule has 1 atom stereocenters. The number of nitrogens with zero attached hydrogens (tertiary/aromatic N) is 1. The van der Waals surface area contributed by atoms with E-state index in [1.807, 2.05) is 0 Å². The molecular formula is C14H20FNO. The average molecular weight is 237 g/mol. The van der Waals surface area contributed by atoms with Gasteiger partial charge >= 0.3 is 0 Å². The molecule has 1 heterocycles. The predicted octanol–water partition coefficient (Wildman–Crippen LogP) is 3.15. The van der Waals surface area contributed by atoms with E-state index in [9.17, 15) is 4.39 Å². The van der Waals surface area contributed by atoms with E-state index in [1.54, 1.807) is 6.07 Å². The minimum Gasteiger partial charge on any atom is -0.505 e. The molecule has 1 aromatic carbocycles. The molecule has 0 aromatic heterocycles. The number of hydrogen-bond acceptors (Lipinski definition) is 2. The average Bonchev–Trinajstić information content (AvgIpc) is 2.72. The van der Waals surface area contributed by atoms with Crippen molar-refractivity contribution < 1.29 is 9.50 Å². The van der Waals surface area contributed by atoms with Crippen LogP contribution in [0.3, 0.4) is 0 Å². The molecule has 1 N–H and O–H groups in total. The van der Waals surface area contributed by atoms with Gasteiger partial charge in [-0.1, -0.05) is 19.4 Å². The molecule has 17 heavy (non-hydrogen) atoms. The third-order valence-electron chi connectivity index (χ3n) is 3.49. The van der Waals surface area contributed by atoms with Crippen LogP contribution in [-0.4, -0.2) is 23.1 Å². The Kier molecular flexibility index (Phi) is 4.00. The number of rotatable bonds is 4. The lowest BCUT2D eigenvalue weighted by Gasteiger charge is -2.16.